The standard InChI is InChI=1S/C37H67NO13.C4H7NO4/c1-14-25-37(10,45)30(41)20(4)27(39)18(2)16-35(8,44)32(51-34-28(40)24(38(11)12)15-19(3)47-34)21(5)29(22(6)33(43)49-25)50-26-17-36(9,46-13)31(42)23(7)48-26;5-2(4(8)9)1-3(6)7/h18-26,28-32,34,40-42,44-45H,14-17H2,1-13H3;2H,1,5H2,(H,6,7)(H,8,9)/t18-,19-,20+,21+,22-,23+,24+,25-,26+,28-,29+,30-,31+,32-,34+,35-,36-,37-;2-/m10/s1. The van der Waals surface area contributed by atoms with Gasteiger partial charge in [-0.05, 0) is 74.9 Å². The van der Waals surface area contributed by atoms with Gasteiger partial charge < -0.3 is 74.8 Å². The van der Waals surface area contributed by atoms with Crippen LogP contribution in [0.2, 0.25) is 0 Å². The van der Waals surface area contributed by atoms with Crippen molar-refractivity contribution in [2.24, 2.45) is 29.4 Å². The lowest BCUT2D eigenvalue weighted by Crippen LogP contribution is -2.61. The topological polar surface area (TPSA) is 295 Å². The van der Waals surface area contributed by atoms with Crippen molar-refractivity contribution in [3.63, 3.8) is 0 Å². The molecule has 0 bridgehead atoms. The number of nitrogens with zero attached hydrogens (tertiary/aromatic N) is 1. The lowest BCUT2D eigenvalue weighted by Gasteiger charge is -2.49. The quantitative estimate of drug-likeness (QED) is 0.140. The second-order valence-electron chi connectivity index (χ2n) is 18.0. The van der Waals surface area contributed by atoms with Crippen molar-refractivity contribution in [1.82, 2.24) is 4.90 Å². The summed E-state index contributed by atoms with van der Waals surface area (Å²) in [4.78, 5) is 49.4. The largest absolute Gasteiger partial charge is 0.481 e. The van der Waals surface area contributed by atoms with E-state index in [1.807, 2.05) is 25.9 Å². The van der Waals surface area contributed by atoms with Crippen LogP contribution in [0.3, 0.4) is 0 Å². The van der Waals surface area contributed by atoms with Gasteiger partial charge in [0, 0.05) is 37.3 Å². The van der Waals surface area contributed by atoms with E-state index in [0.29, 0.717) is 6.42 Å². The Hall–Kier alpha value is -2.40. The van der Waals surface area contributed by atoms with Gasteiger partial charge in [0.05, 0.1) is 54.1 Å². The molecule has 0 aromatic rings. The molecular formula is C41H74N2O17. The second kappa shape index (κ2) is 21.8. The highest BCUT2D eigenvalue weighted by molar-refractivity contribution is 5.83. The van der Waals surface area contributed by atoms with Gasteiger partial charge in [-0.2, -0.15) is 0 Å². The van der Waals surface area contributed by atoms with E-state index in [0.717, 1.165) is 0 Å². The number of nitrogens with two attached hydrogens (primary N) is 1. The number of hydrogen-bond donors (Lipinski definition) is 8. The number of cyclic esters (lactones) is 1. The molecule has 0 spiro atoms. The predicted octanol–water partition coefficient (Wildman–Crippen LogP) is 0.659. The lowest BCUT2D eigenvalue weighted by atomic mass is 9.74. The molecule has 9 N–H and O–H groups in total. The molecular weight excluding hydrogens is 792 g/mol. The van der Waals surface area contributed by atoms with Gasteiger partial charge >= 0.3 is 17.9 Å². The van der Waals surface area contributed by atoms with E-state index < -0.39 is 132 Å². The number of carboxylic acid groups (broad SMARTS) is 2. The van der Waals surface area contributed by atoms with Crippen LogP contribution in [0.5, 0.6) is 0 Å². The SMILES string of the molecule is CC[C@H]1OC(=O)[C@H](C)[C@@H](O[C@H]2C[C@@](C)(OC)[C@@H](O)[C@H](C)O2)[C@H](C)[C@@H](O[C@@H]2O[C@H](C)C[C@H](N(C)C)[C@H]2O)[C@](C)(O)C[C@@H](C)C(=O)[C@H](C)[C@@H](O)[C@]1(C)O.N[C@@H](CC(=O)O)C(=O)O. The maximum atomic E-state index is 14.1. The Kier molecular flexibility index (Phi) is 19.5. The number of ether oxygens (including phenoxy) is 6. The summed E-state index contributed by atoms with van der Waals surface area (Å²) in [5, 5.41) is 73.6. The van der Waals surface area contributed by atoms with E-state index in [1.54, 1.807) is 41.5 Å². The first kappa shape index (κ1) is 53.7. The first-order chi connectivity index (χ1) is 27.5. The summed E-state index contributed by atoms with van der Waals surface area (Å²) in [6, 6.07) is -1.61. The predicted molar refractivity (Wildman–Crippen MR) is 214 cm³/mol. The molecule has 3 aliphatic heterocycles. The fourth-order valence-electron chi connectivity index (χ4n) is 8.69. The van der Waals surface area contributed by atoms with Crippen LogP contribution in [-0.2, 0) is 47.6 Å². The zero-order valence-electron chi connectivity index (χ0n) is 37.5. The van der Waals surface area contributed by atoms with E-state index in [9.17, 15) is 44.7 Å². The van der Waals surface area contributed by atoms with Crippen molar-refractivity contribution in [2.45, 2.75) is 192 Å². The summed E-state index contributed by atoms with van der Waals surface area (Å²) in [5.41, 5.74) is -0.00202. The highest BCUT2D eigenvalue weighted by Gasteiger charge is 2.53. The first-order valence-corrected chi connectivity index (χ1v) is 20.7. The number of methoxy groups -OCH3 is 1. The Morgan fingerprint density at radius 2 is 1.50 bits per heavy atom. The van der Waals surface area contributed by atoms with Crippen LogP contribution in [0.25, 0.3) is 0 Å². The van der Waals surface area contributed by atoms with Gasteiger partial charge in [-0.3, -0.25) is 19.2 Å². The number of carboxylic acids is 2. The van der Waals surface area contributed by atoms with Crippen molar-refractivity contribution < 1.29 is 83.3 Å². The van der Waals surface area contributed by atoms with Gasteiger partial charge in [-0.25, -0.2) is 0 Å². The van der Waals surface area contributed by atoms with Gasteiger partial charge in [0.1, 0.15) is 35.7 Å². The van der Waals surface area contributed by atoms with Crippen molar-refractivity contribution >= 4 is 23.7 Å². The van der Waals surface area contributed by atoms with Gasteiger partial charge in [-0.15, -0.1) is 0 Å². The molecule has 3 heterocycles. The summed E-state index contributed by atoms with van der Waals surface area (Å²) in [6.45, 7) is 16.3. The molecule has 0 aromatic carbocycles. The average molecular weight is 867 g/mol. The zero-order valence-corrected chi connectivity index (χ0v) is 37.5. The number of aliphatic hydroxyl groups excluding tert-OH is 3. The number of carbonyl (C=O) groups is 4. The minimum Gasteiger partial charge on any atom is -0.481 e. The maximum Gasteiger partial charge on any atom is 0.321 e. The normalized spacial score (nSPS) is 44.2. The number of ketones is 1. The van der Waals surface area contributed by atoms with Crippen LogP contribution in [0.15, 0.2) is 0 Å². The van der Waals surface area contributed by atoms with Gasteiger partial charge in [0.2, 0.25) is 0 Å². The van der Waals surface area contributed by atoms with E-state index in [1.165, 1.54) is 27.9 Å². The summed E-state index contributed by atoms with van der Waals surface area (Å²) in [7, 11) is 5.18. The molecule has 19 atom stereocenters. The molecule has 3 aliphatic rings. The molecule has 0 radical (unpaired) electrons. The fraction of sp³-hybridized carbons (Fsp3) is 0.902. The summed E-state index contributed by atoms with van der Waals surface area (Å²) in [6.07, 6.45) is -10.2. The number of Topliss-reactive ketones (excluding diaryl/α,β-unsaturated/α-hetero) is 1. The summed E-state index contributed by atoms with van der Waals surface area (Å²) >= 11 is 0. The lowest BCUT2D eigenvalue weighted by molar-refractivity contribution is -0.318. The van der Waals surface area contributed by atoms with E-state index in [-0.39, 0.29) is 31.4 Å². The molecule has 0 aliphatic carbocycles. The Balaban J connectivity index is 0.00000123. The molecule has 0 amide bonds. The van der Waals surface area contributed by atoms with Crippen LogP contribution in [0.1, 0.15) is 101 Å². The average Bonchev–Trinajstić information content (AvgIpc) is 3.15. The Morgan fingerprint density at radius 3 is 1.98 bits per heavy atom. The fourth-order valence-corrected chi connectivity index (χ4v) is 8.69. The summed E-state index contributed by atoms with van der Waals surface area (Å²) < 4.78 is 37.1. The van der Waals surface area contributed by atoms with Crippen molar-refractivity contribution in [2.75, 3.05) is 21.2 Å². The van der Waals surface area contributed by atoms with Crippen LogP contribution in [0, 0.1) is 23.7 Å². The molecule has 350 valence electrons. The minimum absolute atomic E-state index is 0.0936. The Morgan fingerprint density at radius 1 is 0.917 bits per heavy atom. The molecule has 0 aromatic heterocycles. The maximum absolute atomic E-state index is 14.1. The molecule has 3 rings (SSSR count). The number of carbonyl (C=O) groups excluding carboxylic acids is 2. The van der Waals surface area contributed by atoms with Crippen molar-refractivity contribution in [3.8, 4) is 0 Å². The smallest absolute Gasteiger partial charge is 0.321 e. The van der Waals surface area contributed by atoms with Gasteiger partial charge in [-0.1, -0.05) is 27.7 Å². The number of aliphatic carboxylic acids is 2. The van der Waals surface area contributed by atoms with Crippen LogP contribution >= 0.6 is 0 Å². The van der Waals surface area contributed by atoms with E-state index in [2.05, 4.69) is 0 Å². The number of likely N-dealkylation sites (N-methyl/N-ethyl adjacent to an activating group) is 1. The minimum atomic E-state index is -1.99. The molecule has 60 heavy (non-hydrogen) atoms. The Bertz CT molecular complexity index is 1430. The molecule has 0 unspecified atom stereocenters. The zero-order chi connectivity index (χ0) is 46.4. The third kappa shape index (κ3) is 13.1. The van der Waals surface area contributed by atoms with E-state index >= 15 is 0 Å². The van der Waals surface area contributed by atoms with Crippen molar-refractivity contribution in [3.05, 3.63) is 0 Å². The van der Waals surface area contributed by atoms with Crippen LogP contribution in [0.4, 0.5) is 0 Å². The van der Waals surface area contributed by atoms with Gasteiger partial charge in [0.15, 0.2) is 12.6 Å². The highest BCUT2D eigenvalue weighted by atomic mass is 16.7. The van der Waals surface area contributed by atoms with Gasteiger partial charge in [0.25, 0.3) is 0 Å². The molecule has 19 heteroatoms. The highest BCUT2D eigenvalue weighted by Crippen LogP contribution is 2.40. The summed E-state index contributed by atoms with van der Waals surface area (Å²) in [5.74, 6) is -7.47. The second-order valence-corrected chi connectivity index (χ2v) is 18.0. The molecule has 3 saturated heterocycles. The monoisotopic (exact) mass is 866 g/mol. The van der Waals surface area contributed by atoms with Crippen molar-refractivity contribution in [1.29, 1.82) is 0 Å². The molecule has 0 saturated carbocycles. The number of rotatable bonds is 10. The number of aliphatic hydroxyl groups is 5. The first-order valence-electron chi connectivity index (χ1n) is 20.7. The third-order valence-electron chi connectivity index (χ3n) is 12.5. The molecule has 19 nitrogen and oxygen atoms in total. The number of esters is 1. The van der Waals surface area contributed by atoms with E-state index in [4.69, 9.17) is 44.4 Å². The van der Waals surface area contributed by atoms with Crippen LogP contribution < -0.4 is 5.73 Å². The third-order valence-corrected chi connectivity index (χ3v) is 12.5. The Labute approximate surface area is 353 Å². The number of hydrogen-bond acceptors (Lipinski definition) is 17. The van der Waals surface area contributed by atoms with Crippen LogP contribution in [-0.4, -0.2) is 176 Å². The molecule has 3 fully saturated rings.